The number of aromatic nitrogens is 2. The van der Waals surface area contributed by atoms with Gasteiger partial charge < -0.3 is 9.15 Å². The molecule has 9 heteroatoms. The van der Waals surface area contributed by atoms with E-state index in [0.29, 0.717) is 40.9 Å². The minimum absolute atomic E-state index is 0.125. The van der Waals surface area contributed by atoms with Crippen LogP contribution in [0.4, 0.5) is 0 Å². The zero-order valence-corrected chi connectivity index (χ0v) is 17.3. The second-order valence-corrected chi connectivity index (χ2v) is 8.22. The Balaban J connectivity index is 1.99. The summed E-state index contributed by atoms with van der Waals surface area (Å²) in [5.41, 5.74) is 1.07. The van der Waals surface area contributed by atoms with E-state index >= 15 is 0 Å². The molecule has 0 aliphatic carbocycles. The van der Waals surface area contributed by atoms with Gasteiger partial charge in [0, 0.05) is 18.7 Å². The SMILES string of the molecule is CCN(CC)S(=O)(=O)c1ccc(Cl)c(-c2nnc(-c3ccc(OC)cc3)o2)c1. The molecule has 0 bridgehead atoms. The van der Waals surface area contributed by atoms with Crippen LogP contribution in [-0.4, -0.2) is 43.1 Å². The lowest BCUT2D eigenvalue weighted by Gasteiger charge is -2.18. The lowest BCUT2D eigenvalue weighted by Crippen LogP contribution is -2.30. The molecule has 1 aromatic heterocycles. The van der Waals surface area contributed by atoms with Crippen molar-refractivity contribution in [3.8, 4) is 28.7 Å². The molecule has 0 saturated carbocycles. The number of methoxy groups -OCH3 is 1. The molecule has 0 aliphatic rings. The van der Waals surface area contributed by atoms with Crippen LogP contribution in [0.1, 0.15) is 13.8 Å². The fraction of sp³-hybridized carbons (Fsp3) is 0.263. The third kappa shape index (κ3) is 3.89. The molecular formula is C19H20ClN3O4S. The number of ether oxygens (including phenoxy) is 1. The van der Waals surface area contributed by atoms with Crippen LogP contribution >= 0.6 is 11.6 Å². The summed E-state index contributed by atoms with van der Waals surface area (Å²) < 4.78 is 37.8. The number of hydrogen-bond acceptors (Lipinski definition) is 6. The maximum atomic E-state index is 12.8. The molecule has 148 valence electrons. The molecule has 2 aromatic carbocycles. The van der Waals surface area contributed by atoms with Gasteiger partial charge in [-0.15, -0.1) is 10.2 Å². The van der Waals surface area contributed by atoms with Gasteiger partial charge in [-0.3, -0.25) is 0 Å². The van der Waals surface area contributed by atoms with Crippen molar-refractivity contribution in [3.05, 3.63) is 47.5 Å². The lowest BCUT2D eigenvalue weighted by molar-refractivity contribution is 0.415. The molecule has 0 unspecified atom stereocenters. The lowest BCUT2D eigenvalue weighted by atomic mass is 10.2. The van der Waals surface area contributed by atoms with Gasteiger partial charge in [0.1, 0.15) is 5.75 Å². The molecule has 0 saturated heterocycles. The Hall–Kier alpha value is -2.42. The molecule has 0 spiro atoms. The molecule has 0 atom stereocenters. The van der Waals surface area contributed by atoms with E-state index in [0.717, 1.165) is 0 Å². The van der Waals surface area contributed by atoms with Crippen LogP contribution in [0.15, 0.2) is 51.8 Å². The van der Waals surface area contributed by atoms with Crippen molar-refractivity contribution in [1.82, 2.24) is 14.5 Å². The van der Waals surface area contributed by atoms with E-state index in [2.05, 4.69) is 10.2 Å². The first-order valence-corrected chi connectivity index (χ1v) is 10.5. The zero-order chi connectivity index (χ0) is 20.3. The predicted octanol–water partition coefficient (Wildman–Crippen LogP) is 4.10. The minimum Gasteiger partial charge on any atom is -0.497 e. The Morgan fingerprint density at radius 3 is 2.29 bits per heavy atom. The van der Waals surface area contributed by atoms with Crippen LogP contribution in [0.2, 0.25) is 5.02 Å². The molecular weight excluding hydrogens is 402 g/mol. The largest absolute Gasteiger partial charge is 0.497 e. The minimum atomic E-state index is -3.63. The summed E-state index contributed by atoms with van der Waals surface area (Å²) in [5.74, 6) is 1.15. The number of hydrogen-bond donors (Lipinski definition) is 0. The van der Waals surface area contributed by atoms with Gasteiger partial charge in [0.05, 0.1) is 22.6 Å². The number of nitrogens with zero attached hydrogens (tertiary/aromatic N) is 3. The van der Waals surface area contributed by atoms with Crippen molar-refractivity contribution in [2.75, 3.05) is 20.2 Å². The van der Waals surface area contributed by atoms with E-state index in [-0.39, 0.29) is 10.8 Å². The molecule has 3 aromatic rings. The molecule has 7 nitrogen and oxygen atoms in total. The first-order valence-electron chi connectivity index (χ1n) is 8.68. The van der Waals surface area contributed by atoms with Crippen LogP contribution in [0.3, 0.4) is 0 Å². The highest BCUT2D eigenvalue weighted by molar-refractivity contribution is 7.89. The van der Waals surface area contributed by atoms with Crippen molar-refractivity contribution in [2.24, 2.45) is 0 Å². The Bertz CT molecular complexity index is 1060. The van der Waals surface area contributed by atoms with Crippen molar-refractivity contribution in [1.29, 1.82) is 0 Å². The Morgan fingerprint density at radius 1 is 1.04 bits per heavy atom. The van der Waals surface area contributed by atoms with Crippen LogP contribution in [0, 0.1) is 0 Å². The van der Waals surface area contributed by atoms with Gasteiger partial charge in [-0.05, 0) is 42.5 Å². The summed E-state index contributed by atoms with van der Waals surface area (Å²) in [6.45, 7) is 4.33. The normalized spacial score (nSPS) is 11.8. The molecule has 0 aliphatic heterocycles. The standard InChI is InChI=1S/C19H20ClN3O4S/c1-4-23(5-2)28(24,25)15-10-11-17(20)16(12-15)19-22-21-18(27-19)13-6-8-14(26-3)9-7-13/h6-12H,4-5H2,1-3H3. The summed E-state index contributed by atoms with van der Waals surface area (Å²) in [5, 5.41) is 8.40. The summed E-state index contributed by atoms with van der Waals surface area (Å²) in [6.07, 6.45) is 0. The summed E-state index contributed by atoms with van der Waals surface area (Å²) >= 11 is 6.27. The third-order valence-corrected chi connectivity index (χ3v) is 6.65. The van der Waals surface area contributed by atoms with Crippen LogP contribution in [-0.2, 0) is 10.0 Å². The van der Waals surface area contributed by atoms with Crippen LogP contribution < -0.4 is 4.74 Å². The van der Waals surface area contributed by atoms with Crippen molar-refractivity contribution in [3.63, 3.8) is 0 Å². The van der Waals surface area contributed by atoms with Gasteiger partial charge in [-0.1, -0.05) is 25.4 Å². The number of halogens is 1. The molecule has 0 fully saturated rings. The van der Waals surface area contributed by atoms with Crippen molar-refractivity contribution >= 4 is 21.6 Å². The van der Waals surface area contributed by atoms with Gasteiger partial charge >= 0.3 is 0 Å². The van der Waals surface area contributed by atoms with E-state index in [4.69, 9.17) is 20.8 Å². The molecule has 0 N–H and O–H groups in total. The molecule has 0 radical (unpaired) electrons. The van der Waals surface area contributed by atoms with Crippen LogP contribution in [0.5, 0.6) is 5.75 Å². The Morgan fingerprint density at radius 2 is 1.68 bits per heavy atom. The first-order chi connectivity index (χ1) is 13.4. The van der Waals surface area contributed by atoms with Crippen molar-refractivity contribution in [2.45, 2.75) is 18.7 Å². The number of sulfonamides is 1. The van der Waals surface area contributed by atoms with E-state index < -0.39 is 10.0 Å². The molecule has 28 heavy (non-hydrogen) atoms. The average molecular weight is 422 g/mol. The molecule has 1 heterocycles. The Labute approximate surface area is 169 Å². The second-order valence-electron chi connectivity index (χ2n) is 5.87. The fourth-order valence-corrected chi connectivity index (χ4v) is 4.41. The van der Waals surface area contributed by atoms with E-state index in [9.17, 15) is 8.42 Å². The van der Waals surface area contributed by atoms with E-state index in [1.807, 2.05) is 0 Å². The van der Waals surface area contributed by atoms with E-state index in [1.165, 1.54) is 22.5 Å². The first kappa shape index (κ1) is 20.3. The molecule has 3 rings (SSSR count). The fourth-order valence-electron chi connectivity index (χ4n) is 2.72. The summed E-state index contributed by atoms with van der Waals surface area (Å²) in [6, 6.07) is 11.6. The second kappa shape index (κ2) is 8.30. The summed E-state index contributed by atoms with van der Waals surface area (Å²) in [4.78, 5) is 0.125. The third-order valence-electron chi connectivity index (χ3n) is 4.27. The van der Waals surface area contributed by atoms with Gasteiger partial charge in [0.25, 0.3) is 0 Å². The number of rotatable bonds is 7. The highest BCUT2D eigenvalue weighted by Gasteiger charge is 2.24. The highest BCUT2D eigenvalue weighted by atomic mass is 35.5. The van der Waals surface area contributed by atoms with Gasteiger partial charge in [0.2, 0.25) is 21.8 Å². The smallest absolute Gasteiger partial charge is 0.249 e. The molecule has 0 amide bonds. The topological polar surface area (TPSA) is 85.5 Å². The summed E-state index contributed by atoms with van der Waals surface area (Å²) in [7, 11) is -2.05. The zero-order valence-electron chi connectivity index (χ0n) is 15.7. The van der Waals surface area contributed by atoms with Gasteiger partial charge in [-0.2, -0.15) is 4.31 Å². The quantitative estimate of drug-likeness (QED) is 0.571. The van der Waals surface area contributed by atoms with Crippen LogP contribution in [0.25, 0.3) is 22.9 Å². The van der Waals surface area contributed by atoms with E-state index in [1.54, 1.807) is 45.2 Å². The number of benzene rings is 2. The van der Waals surface area contributed by atoms with Gasteiger partial charge in [0.15, 0.2) is 0 Å². The highest BCUT2D eigenvalue weighted by Crippen LogP contribution is 2.32. The monoisotopic (exact) mass is 421 g/mol. The average Bonchev–Trinajstić information content (AvgIpc) is 3.19. The maximum absolute atomic E-state index is 12.8. The van der Waals surface area contributed by atoms with Crippen molar-refractivity contribution < 1.29 is 17.6 Å². The maximum Gasteiger partial charge on any atom is 0.249 e. The van der Waals surface area contributed by atoms with Gasteiger partial charge in [-0.25, -0.2) is 8.42 Å². The Kier molecular flexibility index (Phi) is 6.02. The predicted molar refractivity (Wildman–Crippen MR) is 107 cm³/mol.